The number of hydrogen-bond donors (Lipinski definition) is 1. The van der Waals surface area contributed by atoms with Gasteiger partial charge in [-0.2, -0.15) is 0 Å². The van der Waals surface area contributed by atoms with Crippen molar-refractivity contribution in [1.29, 1.82) is 0 Å². The average Bonchev–Trinajstić information content (AvgIpc) is 2.61. The summed E-state index contributed by atoms with van der Waals surface area (Å²) in [4.78, 5) is 11.4. The van der Waals surface area contributed by atoms with Crippen molar-refractivity contribution >= 4 is 5.78 Å². The first-order valence-corrected chi connectivity index (χ1v) is 10.5. The van der Waals surface area contributed by atoms with Gasteiger partial charge in [0.2, 0.25) is 0 Å². The van der Waals surface area contributed by atoms with Crippen molar-refractivity contribution in [2.24, 2.45) is 11.8 Å². The highest BCUT2D eigenvalue weighted by atomic mass is 16.7. The van der Waals surface area contributed by atoms with Crippen LogP contribution in [0.3, 0.4) is 0 Å². The molecule has 2 heterocycles. The molecule has 2 unspecified atom stereocenters. The third-order valence-corrected chi connectivity index (χ3v) is 6.13. The highest BCUT2D eigenvalue weighted by Gasteiger charge is 2.44. The minimum absolute atomic E-state index is 0.156. The van der Waals surface area contributed by atoms with Gasteiger partial charge in [-0.15, -0.1) is 0 Å². The molecule has 2 fully saturated rings. The largest absolute Gasteiger partial charge is 0.396 e. The number of ether oxygens (including phenoxy) is 2. The lowest BCUT2D eigenvalue weighted by atomic mass is 9.85. The van der Waals surface area contributed by atoms with Gasteiger partial charge < -0.3 is 14.6 Å². The summed E-state index contributed by atoms with van der Waals surface area (Å²) in [7, 11) is 0. The van der Waals surface area contributed by atoms with Gasteiger partial charge in [0.1, 0.15) is 0 Å². The van der Waals surface area contributed by atoms with Crippen LogP contribution in [-0.4, -0.2) is 35.5 Å². The number of ketones is 1. The Morgan fingerprint density at radius 2 is 2.00 bits per heavy atom. The summed E-state index contributed by atoms with van der Waals surface area (Å²) in [5.74, 6) is 0.688. The highest BCUT2D eigenvalue weighted by Crippen LogP contribution is 2.42. The fourth-order valence-corrected chi connectivity index (χ4v) is 4.29. The first-order chi connectivity index (χ1) is 12.3. The molecule has 5 atom stereocenters. The minimum atomic E-state index is -0.399. The topological polar surface area (TPSA) is 55.8 Å². The maximum absolute atomic E-state index is 11.4. The molecule has 1 N–H and O–H groups in total. The molecule has 2 aliphatic rings. The quantitative estimate of drug-likeness (QED) is 0.628. The van der Waals surface area contributed by atoms with Crippen molar-refractivity contribution in [1.82, 2.24) is 0 Å². The molecule has 0 aromatic carbocycles. The lowest BCUT2D eigenvalue weighted by Crippen LogP contribution is -2.50. The fourth-order valence-electron chi connectivity index (χ4n) is 4.29. The Labute approximate surface area is 159 Å². The molecule has 0 saturated carbocycles. The molecule has 0 amide bonds. The summed E-state index contributed by atoms with van der Waals surface area (Å²) < 4.78 is 13.0. The van der Waals surface area contributed by atoms with Gasteiger partial charge in [0, 0.05) is 19.4 Å². The number of hydrogen-bond acceptors (Lipinski definition) is 4. The highest BCUT2D eigenvalue weighted by molar-refractivity contribution is 5.92. The predicted molar refractivity (Wildman–Crippen MR) is 104 cm³/mol. The van der Waals surface area contributed by atoms with E-state index in [4.69, 9.17) is 14.6 Å². The van der Waals surface area contributed by atoms with E-state index in [9.17, 15) is 4.79 Å². The van der Waals surface area contributed by atoms with Gasteiger partial charge in [-0.1, -0.05) is 19.9 Å². The molecule has 26 heavy (non-hydrogen) atoms. The smallest absolute Gasteiger partial charge is 0.169 e. The molecule has 0 aliphatic carbocycles. The number of Topliss-reactive ketones (excluding diaryl/α,β-unsaturated/α-hetero) is 1. The Bertz CT molecular complexity index is 487. The van der Waals surface area contributed by atoms with Crippen LogP contribution in [0.25, 0.3) is 0 Å². The summed E-state index contributed by atoms with van der Waals surface area (Å²) in [5.41, 5.74) is 0.856. The third-order valence-electron chi connectivity index (χ3n) is 6.13. The summed E-state index contributed by atoms with van der Waals surface area (Å²) in [6.45, 7) is 8.18. The SMILES string of the molecule is CC(=O)/C(C)=C/[C@@H](C)CC[C@@H]1CCCC2(CCC(C)[C@@H](CCCO)O2)O1. The zero-order chi connectivity index (χ0) is 19.2. The molecule has 0 radical (unpaired) electrons. The number of allylic oxidation sites excluding steroid dienone is 2. The van der Waals surface area contributed by atoms with E-state index in [1.165, 1.54) is 0 Å². The number of rotatable bonds is 8. The molecular weight excluding hydrogens is 328 g/mol. The van der Waals surface area contributed by atoms with Crippen LogP contribution >= 0.6 is 0 Å². The normalized spacial score (nSPS) is 34.0. The number of carbonyl (C=O) groups excluding carboxylic acids is 1. The summed E-state index contributed by atoms with van der Waals surface area (Å²) in [5, 5.41) is 9.13. The Morgan fingerprint density at radius 1 is 1.23 bits per heavy atom. The van der Waals surface area contributed by atoms with E-state index in [0.717, 1.165) is 63.4 Å². The van der Waals surface area contributed by atoms with E-state index in [-0.39, 0.29) is 24.6 Å². The Kier molecular flexibility index (Phi) is 8.31. The maximum atomic E-state index is 11.4. The van der Waals surface area contributed by atoms with Gasteiger partial charge in [0.25, 0.3) is 0 Å². The molecule has 0 aromatic rings. The molecular formula is C22H38O4. The van der Waals surface area contributed by atoms with Crippen LogP contribution in [0, 0.1) is 11.8 Å². The number of aliphatic hydroxyl groups is 1. The number of aliphatic hydroxyl groups excluding tert-OH is 1. The van der Waals surface area contributed by atoms with Gasteiger partial charge in [-0.05, 0) is 76.2 Å². The van der Waals surface area contributed by atoms with Crippen LogP contribution in [0.4, 0.5) is 0 Å². The maximum Gasteiger partial charge on any atom is 0.169 e. The van der Waals surface area contributed by atoms with E-state index in [2.05, 4.69) is 19.9 Å². The predicted octanol–water partition coefficient (Wildman–Crippen LogP) is 4.79. The average molecular weight is 367 g/mol. The van der Waals surface area contributed by atoms with Crippen molar-refractivity contribution < 1.29 is 19.4 Å². The number of carbonyl (C=O) groups is 1. The van der Waals surface area contributed by atoms with Crippen molar-refractivity contribution in [2.45, 2.75) is 103 Å². The molecule has 2 saturated heterocycles. The van der Waals surface area contributed by atoms with Crippen LogP contribution in [0.1, 0.15) is 85.5 Å². The molecule has 150 valence electrons. The Morgan fingerprint density at radius 3 is 2.69 bits per heavy atom. The van der Waals surface area contributed by atoms with Gasteiger partial charge in [-0.25, -0.2) is 0 Å². The molecule has 0 aromatic heterocycles. The molecule has 4 heteroatoms. The van der Waals surface area contributed by atoms with E-state index < -0.39 is 5.79 Å². The van der Waals surface area contributed by atoms with Crippen molar-refractivity contribution in [3.05, 3.63) is 11.6 Å². The van der Waals surface area contributed by atoms with Gasteiger partial charge in [-0.3, -0.25) is 4.79 Å². The van der Waals surface area contributed by atoms with Crippen molar-refractivity contribution in [3.8, 4) is 0 Å². The zero-order valence-electron chi connectivity index (χ0n) is 17.1. The van der Waals surface area contributed by atoms with Crippen molar-refractivity contribution in [3.63, 3.8) is 0 Å². The summed E-state index contributed by atoms with van der Waals surface area (Å²) in [6, 6.07) is 0. The van der Waals surface area contributed by atoms with Crippen molar-refractivity contribution in [2.75, 3.05) is 6.61 Å². The van der Waals surface area contributed by atoms with Crippen LogP contribution < -0.4 is 0 Å². The van der Waals surface area contributed by atoms with Gasteiger partial charge in [0.15, 0.2) is 11.6 Å². The van der Waals surface area contributed by atoms with Crippen LogP contribution in [0.15, 0.2) is 11.6 Å². The second-order valence-electron chi connectivity index (χ2n) is 8.54. The van der Waals surface area contributed by atoms with Crippen LogP contribution in [0.5, 0.6) is 0 Å². The molecule has 2 rings (SSSR count). The molecule has 1 spiro atoms. The first-order valence-electron chi connectivity index (χ1n) is 10.5. The second kappa shape index (κ2) is 10.0. The Balaban J connectivity index is 1.87. The lowest BCUT2D eigenvalue weighted by Gasteiger charge is -2.48. The third kappa shape index (κ3) is 6.17. The monoisotopic (exact) mass is 366 g/mol. The van der Waals surface area contributed by atoms with Crippen LogP contribution in [0.2, 0.25) is 0 Å². The Hall–Kier alpha value is -0.710. The van der Waals surface area contributed by atoms with E-state index in [1.807, 2.05) is 6.92 Å². The molecule has 2 aliphatic heterocycles. The lowest BCUT2D eigenvalue weighted by molar-refractivity contribution is -0.324. The van der Waals surface area contributed by atoms with Gasteiger partial charge in [0.05, 0.1) is 12.2 Å². The van der Waals surface area contributed by atoms with Crippen LogP contribution in [-0.2, 0) is 14.3 Å². The molecule has 4 nitrogen and oxygen atoms in total. The fraction of sp³-hybridized carbons (Fsp3) is 0.864. The molecule has 0 bridgehead atoms. The van der Waals surface area contributed by atoms with E-state index >= 15 is 0 Å². The first kappa shape index (κ1) is 21.6. The zero-order valence-corrected chi connectivity index (χ0v) is 17.1. The summed E-state index contributed by atoms with van der Waals surface area (Å²) >= 11 is 0. The van der Waals surface area contributed by atoms with E-state index in [1.54, 1.807) is 6.92 Å². The standard InChI is InChI=1S/C22H38O4/c1-16(15-18(3)19(4)24)9-10-20-7-5-12-22(25-20)13-11-17(2)21(26-22)8-6-14-23/h15-17,20-21,23H,5-14H2,1-4H3/b18-15+/t16-,17?,20-,21+,22?/m0/s1. The second-order valence-corrected chi connectivity index (χ2v) is 8.54. The minimum Gasteiger partial charge on any atom is -0.396 e. The van der Waals surface area contributed by atoms with Gasteiger partial charge >= 0.3 is 0 Å². The summed E-state index contributed by atoms with van der Waals surface area (Å²) in [6.07, 6.45) is 11.7. The van der Waals surface area contributed by atoms with E-state index in [0.29, 0.717) is 11.8 Å².